The molecule has 0 bridgehead atoms. The van der Waals surface area contributed by atoms with Crippen LogP contribution in [-0.2, 0) is 6.54 Å². The summed E-state index contributed by atoms with van der Waals surface area (Å²) < 4.78 is 3.64. The van der Waals surface area contributed by atoms with E-state index in [0.717, 1.165) is 21.2 Å². The van der Waals surface area contributed by atoms with E-state index in [2.05, 4.69) is 37.0 Å². The highest BCUT2D eigenvalue weighted by Gasteiger charge is 2.06. The Morgan fingerprint density at radius 3 is 2.89 bits per heavy atom. The monoisotopic (exact) mass is 388 g/mol. The smallest absolute Gasteiger partial charge is 0.195 e. The van der Waals surface area contributed by atoms with Crippen molar-refractivity contribution >= 4 is 55.1 Å². The average molecular weight is 390 g/mol. The van der Waals surface area contributed by atoms with Crippen molar-refractivity contribution in [1.29, 1.82) is 0 Å². The summed E-state index contributed by atoms with van der Waals surface area (Å²) in [5.74, 6) is -0.0105. The predicted molar refractivity (Wildman–Crippen MR) is 81.0 cm³/mol. The van der Waals surface area contributed by atoms with Crippen LogP contribution in [0.3, 0.4) is 0 Å². The van der Waals surface area contributed by atoms with Gasteiger partial charge in [0.15, 0.2) is 5.78 Å². The summed E-state index contributed by atoms with van der Waals surface area (Å²) in [6, 6.07) is 1.82. The van der Waals surface area contributed by atoms with Gasteiger partial charge in [-0.3, -0.25) is 9.48 Å². The van der Waals surface area contributed by atoms with E-state index in [1.165, 1.54) is 11.3 Å². The van der Waals surface area contributed by atoms with Crippen molar-refractivity contribution in [1.82, 2.24) is 9.78 Å². The zero-order valence-electron chi connectivity index (χ0n) is 9.56. The first-order valence-corrected chi connectivity index (χ1v) is 7.76. The Labute approximate surface area is 126 Å². The molecule has 6 heteroatoms. The maximum atomic E-state index is 11.9. The van der Waals surface area contributed by atoms with Gasteiger partial charge >= 0.3 is 0 Å². The van der Waals surface area contributed by atoms with Crippen molar-refractivity contribution in [2.24, 2.45) is 0 Å². The molecule has 0 atom stereocenters. The number of ketones is 1. The minimum absolute atomic E-state index is 0.0105. The number of carbonyl (C=O) groups is 1. The molecule has 0 aliphatic heterocycles. The van der Waals surface area contributed by atoms with E-state index in [9.17, 15) is 4.79 Å². The van der Waals surface area contributed by atoms with Crippen LogP contribution in [0.5, 0.6) is 0 Å². The van der Waals surface area contributed by atoms with Gasteiger partial charge < -0.3 is 0 Å². The molecule has 2 aromatic heterocycles. The third-order valence-electron chi connectivity index (χ3n) is 2.27. The fourth-order valence-electron chi connectivity index (χ4n) is 1.37. The number of halogens is 2. The summed E-state index contributed by atoms with van der Waals surface area (Å²) in [6.45, 7) is 2.82. The molecule has 0 saturated heterocycles. The molecular formula is C12H10Br2N2OS. The zero-order valence-corrected chi connectivity index (χ0v) is 13.5. The lowest BCUT2D eigenvalue weighted by Gasteiger charge is -1.90. The van der Waals surface area contributed by atoms with Gasteiger partial charge in [0.25, 0.3) is 0 Å². The highest BCUT2D eigenvalue weighted by Crippen LogP contribution is 2.21. The molecule has 0 amide bonds. The number of rotatable bonds is 4. The van der Waals surface area contributed by atoms with E-state index in [-0.39, 0.29) is 5.78 Å². The molecule has 3 nitrogen and oxygen atoms in total. The predicted octanol–water partition coefficient (Wildman–Crippen LogP) is 4.39. The minimum atomic E-state index is -0.0105. The minimum Gasteiger partial charge on any atom is -0.288 e. The summed E-state index contributed by atoms with van der Waals surface area (Å²) in [5.41, 5.74) is 0.765. The number of hydrogen-bond acceptors (Lipinski definition) is 3. The van der Waals surface area contributed by atoms with Crippen molar-refractivity contribution in [3.63, 3.8) is 0 Å². The number of thiophene rings is 1. The second kappa shape index (κ2) is 5.95. The number of allylic oxidation sites excluding steroid dienone is 1. The van der Waals surface area contributed by atoms with Crippen LogP contribution in [0.4, 0.5) is 0 Å². The largest absolute Gasteiger partial charge is 0.288 e. The molecule has 0 saturated carbocycles. The fraction of sp³-hybridized carbons (Fsp3) is 0.167. The molecule has 18 heavy (non-hydrogen) atoms. The lowest BCUT2D eigenvalue weighted by Crippen LogP contribution is -1.94. The van der Waals surface area contributed by atoms with Gasteiger partial charge in [-0.15, -0.1) is 11.3 Å². The molecule has 0 aromatic carbocycles. The maximum Gasteiger partial charge on any atom is 0.195 e. The molecule has 0 unspecified atom stereocenters. The first kappa shape index (κ1) is 13.7. The van der Waals surface area contributed by atoms with Gasteiger partial charge in [-0.25, -0.2) is 0 Å². The second-order valence-corrected chi connectivity index (χ2v) is 6.23. The van der Waals surface area contributed by atoms with Crippen molar-refractivity contribution in [3.8, 4) is 0 Å². The molecule has 0 N–H and O–H groups in total. The van der Waals surface area contributed by atoms with E-state index >= 15 is 0 Å². The summed E-state index contributed by atoms with van der Waals surface area (Å²) >= 11 is 8.17. The number of hydrogen-bond donors (Lipinski definition) is 0. The lowest BCUT2D eigenvalue weighted by atomic mass is 10.3. The van der Waals surface area contributed by atoms with Crippen molar-refractivity contribution in [3.05, 3.63) is 43.2 Å². The van der Waals surface area contributed by atoms with Gasteiger partial charge in [0, 0.05) is 22.6 Å². The van der Waals surface area contributed by atoms with Gasteiger partial charge in [-0.05, 0) is 57.0 Å². The standard InChI is InChI=1S/C12H10Br2N2OS/c1-2-16-6-9(14)10(15-16)3-4-11(17)12-5-8(13)7-18-12/h3-7H,2H2,1H3/b4-3+. The Bertz CT molecular complexity index is 601. The van der Waals surface area contributed by atoms with Crippen molar-refractivity contribution < 1.29 is 4.79 Å². The molecule has 0 fully saturated rings. The van der Waals surface area contributed by atoms with Crippen LogP contribution < -0.4 is 0 Å². The van der Waals surface area contributed by atoms with E-state index in [4.69, 9.17) is 0 Å². The second-order valence-electron chi connectivity index (χ2n) is 3.54. The van der Waals surface area contributed by atoms with Crippen LogP contribution in [0.1, 0.15) is 22.3 Å². The molecule has 2 heterocycles. The molecular weight excluding hydrogens is 380 g/mol. The van der Waals surface area contributed by atoms with Crippen LogP contribution in [-0.4, -0.2) is 15.6 Å². The molecule has 0 spiro atoms. The van der Waals surface area contributed by atoms with E-state index in [1.54, 1.807) is 12.2 Å². The van der Waals surface area contributed by atoms with Crippen LogP contribution in [0.2, 0.25) is 0 Å². The number of aromatic nitrogens is 2. The summed E-state index contributed by atoms with van der Waals surface area (Å²) in [4.78, 5) is 12.6. The molecule has 94 valence electrons. The first-order valence-electron chi connectivity index (χ1n) is 5.29. The van der Waals surface area contributed by atoms with Gasteiger partial charge in [0.05, 0.1) is 15.0 Å². The molecule has 0 aliphatic carbocycles. The van der Waals surface area contributed by atoms with Crippen molar-refractivity contribution in [2.45, 2.75) is 13.5 Å². The lowest BCUT2D eigenvalue weighted by molar-refractivity contribution is 0.105. The van der Waals surface area contributed by atoms with Crippen LogP contribution >= 0.6 is 43.2 Å². The van der Waals surface area contributed by atoms with Gasteiger partial charge in [-0.1, -0.05) is 0 Å². The molecule has 2 aromatic rings. The van der Waals surface area contributed by atoms with Gasteiger partial charge in [-0.2, -0.15) is 5.10 Å². The maximum absolute atomic E-state index is 11.9. The topological polar surface area (TPSA) is 34.9 Å². The third-order valence-corrected chi connectivity index (χ3v) is 4.59. The summed E-state index contributed by atoms with van der Waals surface area (Å²) in [7, 11) is 0. The number of aryl methyl sites for hydroxylation is 1. The Morgan fingerprint density at radius 2 is 2.33 bits per heavy atom. The number of carbonyl (C=O) groups excluding carboxylic acids is 1. The molecule has 0 radical (unpaired) electrons. The average Bonchev–Trinajstić information content (AvgIpc) is 2.92. The van der Waals surface area contributed by atoms with Gasteiger partial charge in [0.2, 0.25) is 0 Å². The Morgan fingerprint density at radius 1 is 1.56 bits per heavy atom. The van der Waals surface area contributed by atoms with Gasteiger partial charge in [0.1, 0.15) is 0 Å². The Hall–Kier alpha value is -0.720. The Kier molecular flexibility index (Phi) is 4.53. The quantitative estimate of drug-likeness (QED) is 0.574. The summed E-state index contributed by atoms with van der Waals surface area (Å²) in [5, 5.41) is 6.22. The summed E-state index contributed by atoms with van der Waals surface area (Å²) in [6.07, 6.45) is 5.17. The normalized spacial score (nSPS) is 11.3. The molecule has 2 rings (SSSR count). The fourth-order valence-corrected chi connectivity index (χ4v) is 3.16. The van der Waals surface area contributed by atoms with Crippen molar-refractivity contribution in [2.75, 3.05) is 0 Å². The first-order chi connectivity index (χ1) is 8.60. The SMILES string of the molecule is CCn1cc(Br)c(/C=C/C(=O)c2cc(Br)cs2)n1. The zero-order chi connectivity index (χ0) is 13.1. The van der Waals surface area contributed by atoms with E-state index in [0.29, 0.717) is 4.88 Å². The Balaban J connectivity index is 2.15. The van der Waals surface area contributed by atoms with Crippen LogP contribution in [0.25, 0.3) is 6.08 Å². The highest BCUT2D eigenvalue weighted by atomic mass is 79.9. The van der Waals surface area contributed by atoms with E-state index in [1.807, 2.05) is 29.2 Å². The molecule has 0 aliphatic rings. The number of nitrogens with zero attached hydrogens (tertiary/aromatic N) is 2. The third kappa shape index (κ3) is 3.18. The highest BCUT2D eigenvalue weighted by molar-refractivity contribution is 9.10. The van der Waals surface area contributed by atoms with Crippen LogP contribution in [0, 0.1) is 0 Å². The van der Waals surface area contributed by atoms with E-state index < -0.39 is 0 Å². The van der Waals surface area contributed by atoms with Crippen LogP contribution in [0.15, 0.2) is 32.7 Å².